The summed E-state index contributed by atoms with van der Waals surface area (Å²) in [4.78, 5) is 98.7. The molecular formula is C43H59N7O10. The van der Waals surface area contributed by atoms with Crippen molar-refractivity contribution in [3.8, 4) is 0 Å². The Bertz CT molecular complexity index is 1950. The molecule has 0 aliphatic carbocycles. The molecule has 0 spiro atoms. The Hall–Kier alpha value is -6.26. The molecule has 3 rings (SSSR count). The van der Waals surface area contributed by atoms with Crippen molar-refractivity contribution in [2.24, 2.45) is 7.05 Å². The number of imidazole rings is 1. The minimum atomic E-state index is -1.75. The van der Waals surface area contributed by atoms with Gasteiger partial charge in [0.2, 0.25) is 23.6 Å². The second kappa shape index (κ2) is 21.1. The van der Waals surface area contributed by atoms with E-state index in [-0.39, 0.29) is 19.3 Å². The highest BCUT2D eigenvalue weighted by Gasteiger charge is 2.38. The van der Waals surface area contributed by atoms with Crippen LogP contribution in [-0.2, 0) is 69.3 Å². The molecule has 5 N–H and O–H groups in total. The number of nitrogens with zero attached hydrogens (tertiary/aromatic N) is 2. The van der Waals surface area contributed by atoms with Crippen molar-refractivity contribution in [1.29, 1.82) is 0 Å². The van der Waals surface area contributed by atoms with Crippen molar-refractivity contribution in [2.75, 3.05) is 7.11 Å². The summed E-state index contributed by atoms with van der Waals surface area (Å²) in [5.41, 5.74) is -1.54. The fraction of sp³-hybridized carbons (Fsp3) is 0.488. The van der Waals surface area contributed by atoms with Crippen molar-refractivity contribution >= 4 is 41.7 Å². The number of rotatable bonds is 18. The van der Waals surface area contributed by atoms with Crippen molar-refractivity contribution in [3.05, 3.63) is 90.0 Å². The number of carbonyl (C=O) groups is 7. The van der Waals surface area contributed by atoms with Gasteiger partial charge in [0.15, 0.2) is 0 Å². The Kier molecular flexibility index (Phi) is 16.9. The second-order valence-corrected chi connectivity index (χ2v) is 16.9. The van der Waals surface area contributed by atoms with E-state index in [9.17, 15) is 33.6 Å². The molecule has 0 saturated carbocycles. The van der Waals surface area contributed by atoms with E-state index in [1.807, 2.05) is 0 Å². The highest BCUT2D eigenvalue weighted by atomic mass is 16.6. The van der Waals surface area contributed by atoms with Crippen molar-refractivity contribution in [1.82, 2.24) is 36.1 Å². The molecule has 0 fully saturated rings. The number of ether oxygens (including phenoxy) is 3. The van der Waals surface area contributed by atoms with Crippen LogP contribution in [0.25, 0.3) is 0 Å². The lowest BCUT2D eigenvalue weighted by molar-refractivity contribution is -0.157. The first-order valence-corrected chi connectivity index (χ1v) is 19.5. The van der Waals surface area contributed by atoms with Crippen LogP contribution in [-0.4, -0.2) is 99.2 Å². The summed E-state index contributed by atoms with van der Waals surface area (Å²) in [5, 5.41) is 13.1. The van der Waals surface area contributed by atoms with Crippen LogP contribution in [0.5, 0.6) is 0 Å². The number of amides is 5. The van der Waals surface area contributed by atoms with E-state index in [1.165, 1.54) is 21.0 Å². The zero-order valence-corrected chi connectivity index (χ0v) is 36.0. The minimum Gasteiger partial charge on any atom is -0.467 e. The number of hydrogen-bond donors (Lipinski definition) is 5. The molecule has 3 aromatic rings. The number of methoxy groups -OCH3 is 1. The third-order valence-corrected chi connectivity index (χ3v) is 8.75. The fourth-order valence-corrected chi connectivity index (χ4v) is 5.79. The molecule has 0 unspecified atom stereocenters. The summed E-state index contributed by atoms with van der Waals surface area (Å²) in [7, 11) is 2.90. The van der Waals surface area contributed by atoms with Crippen LogP contribution in [0.4, 0.5) is 4.79 Å². The number of esters is 2. The van der Waals surface area contributed by atoms with Gasteiger partial charge in [0.1, 0.15) is 40.9 Å². The lowest BCUT2D eigenvalue weighted by atomic mass is 9.99. The van der Waals surface area contributed by atoms with E-state index < -0.39 is 89.0 Å². The lowest BCUT2D eigenvalue weighted by Gasteiger charge is -2.31. The molecular weight excluding hydrogens is 775 g/mol. The van der Waals surface area contributed by atoms with E-state index in [4.69, 9.17) is 14.2 Å². The fourth-order valence-electron chi connectivity index (χ4n) is 5.79. The van der Waals surface area contributed by atoms with E-state index in [1.54, 1.807) is 126 Å². The minimum absolute atomic E-state index is 0.00155. The van der Waals surface area contributed by atoms with Gasteiger partial charge in [-0.2, -0.15) is 0 Å². The van der Waals surface area contributed by atoms with Crippen LogP contribution in [0, 0.1) is 0 Å². The van der Waals surface area contributed by atoms with Crippen molar-refractivity contribution in [2.45, 2.75) is 122 Å². The van der Waals surface area contributed by atoms with Crippen molar-refractivity contribution in [3.63, 3.8) is 0 Å². The largest absolute Gasteiger partial charge is 0.467 e. The lowest BCUT2D eigenvalue weighted by Crippen LogP contribution is -2.63. The number of alkyl carbamates (subject to hydrolysis) is 1. The number of benzene rings is 2. The summed E-state index contributed by atoms with van der Waals surface area (Å²) in [6.45, 7) is 12.7. The Balaban J connectivity index is 1.89. The number of hydrogen-bond acceptors (Lipinski definition) is 11. The average Bonchev–Trinajstić information content (AvgIpc) is 3.55. The first-order valence-electron chi connectivity index (χ1n) is 19.5. The number of aromatic nitrogens is 2. The molecule has 0 bridgehead atoms. The van der Waals surface area contributed by atoms with Crippen LogP contribution >= 0.6 is 0 Å². The van der Waals surface area contributed by atoms with Gasteiger partial charge in [-0.05, 0) is 66.5 Å². The third kappa shape index (κ3) is 16.2. The normalized spacial score (nSPS) is 13.6. The zero-order chi connectivity index (χ0) is 44.8. The quantitative estimate of drug-likeness (QED) is 0.0925. The Morgan fingerprint density at radius 2 is 1.13 bits per heavy atom. The highest BCUT2D eigenvalue weighted by Crippen LogP contribution is 2.14. The number of nitrogens with one attached hydrogen (secondary N) is 5. The predicted molar refractivity (Wildman–Crippen MR) is 221 cm³/mol. The second-order valence-electron chi connectivity index (χ2n) is 16.9. The van der Waals surface area contributed by atoms with Gasteiger partial charge in [0.25, 0.3) is 0 Å². The maximum Gasteiger partial charge on any atom is 0.408 e. The topological polar surface area (TPSA) is 225 Å². The van der Waals surface area contributed by atoms with Gasteiger partial charge in [-0.1, -0.05) is 60.7 Å². The van der Waals surface area contributed by atoms with Crippen LogP contribution in [0.15, 0.2) is 73.2 Å². The van der Waals surface area contributed by atoms with Crippen LogP contribution < -0.4 is 26.6 Å². The van der Waals surface area contributed by atoms with E-state index in [0.717, 1.165) is 0 Å². The van der Waals surface area contributed by atoms with E-state index in [0.29, 0.717) is 16.8 Å². The van der Waals surface area contributed by atoms with Gasteiger partial charge in [-0.25, -0.2) is 14.6 Å². The highest BCUT2D eigenvalue weighted by molar-refractivity contribution is 5.98. The number of carbonyl (C=O) groups excluding carboxylic acids is 7. The SMILES string of the molecule is COC(=O)[C@H](Cc1ccccc1)NC(=O)[C@H](CC(=O)OC(C)(C)C)NC(=O)C(C)(C)NC(=O)[C@H](Cc1ccccc1)NC(=O)[C@H](Cc1cncn1C)NC(=O)OC(C)(C)C. The monoisotopic (exact) mass is 833 g/mol. The smallest absolute Gasteiger partial charge is 0.408 e. The maximum absolute atomic E-state index is 14.2. The molecule has 326 valence electrons. The first-order chi connectivity index (χ1) is 28.0. The van der Waals surface area contributed by atoms with Gasteiger partial charge in [0.05, 0.1) is 19.9 Å². The van der Waals surface area contributed by atoms with E-state index >= 15 is 0 Å². The van der Waals surface area contributed by atoms with Crippen LogP contribution in [0.2, 0.25) is 0 Å². The molecule has 0 saturated heterocycles. The zero-order valence-electron chi connectivity index (χ0n) is 36.0. The molecule has 17 heteroatoms. The standard InChI is InChI=1S/C43H59N7O10/c1-41(2,3)59-34(51)24-32(36(53)46-33(38(55)58-10)22-28-19-15-12-16-20-28)47-39(56)43(7,8)49-37(54)30(21-27-17-13-11-14-18-27)45-35(52)31(23-29-25-44-26-50(29)9)48-40(57)60-42(4,5)6/h11-20,25-26,30-33H,21-24H2,1-10H3,(H,45,52)(H,46,53)(H,47,56)(H,48,57)(H,49,54)/t30-,31-,32-,33-/m0/s1. The van der Waals surface area contributed by atoms with Crippen LogP contribution in [0.1, 0.15) is 78.6 Å². The predicted octanol–water partition coefficient (Wildman–Crippen LogP) is 2.60. The molecule has 60 heavy (non-hydrogen) atoms. The van der Waals surface area contributed by atoms with E-state index in [2.05, 4.69) is 31.6 Å². The first kappa shape index (κ1) is 48.1. The average molecular weight is 834 g/mol. The Labute approximate surface area is 351 Å². The molecule has 5 amide bonds. The van der Waals surface area contributed by atoms with Gasteiger partial charge in [0, 0.05) is 38.2 Å². The molecule has 0 aliphatic rings. The molecule has 0 radical (unpaired) electrons. The van der Waals surface area contributed by atoms with Crippen molar-refractivity contribution < 1.29 is 47.8 Å². The Morgan fingerprint density at radius 3 is 1.63 bits per heavy atom. The van der Waals surface area contributed by atoms with Gasteiger partial charge in [-0.15, -0.1) is 0 Å². The summed E-state index contributed by atoms with van der Waals surface area (Å²) in [6.07, 6.45) is 1.66. The Morgan fingerprint density at radius 1 is 0.633 bits per heavy atom. The van der Waals surface area contributed by atoms with Gasteiger partial charge in [-0.3, -0.25) is 24.0 Å². The maximum atomic E-state index is 14.2. The molecule has 2 aromatic carbocycles. The summed E-state index contributed by atoms with van der Waals surface area (Å²) >= 11 is 0. The van der Waals surface area contributed by atoms with Gasteiger partial charge >= 0.3 is 18.0 Å². The number of aryl methyl sites for hydroxylation is 1. The molecule has 17 nitrogen and oxygen atoms in total. The van der Waals surface area contributed by atoms with Gasteiger partial charge < -0.3 is 45.4 Å². The summed E-state index contributed by atoms with van der Waals surface area (Å²) in [6, 6.07) is 12.5. The molecule has 4 atom stereocenters. The third-order valence-electron chi connectivity index (χ3n) is 8.75. The summed E-state index contributed by atoms with van der Waals surface area (Å²) in [5.74, 6) is -4.81. The molecule has 0 aliphatic heterocycles. The summed E-state index contributed by atoms with van der Waals surface area (Å²) < 4.78 is 17.5. The molecule has 1 aromatic heterocycles. The van der Waals surface area contributed by atoms with Crippen LogP contribution in [0.3, 0.4) is 0 Å². The molecule has 1 heterocycles.